The van der Waals surface area contributed by atoms with Gasteiger partial charge in [0.25, 0.3) is 5.69 Å². The van der Waals surface area contributed by atoms with Crippen LogP contribution in [0.3, 0.4) is 0 Å². The summed E-state index contributed by atoms with van der Waals surface area (Å²) < 4.78 is 0. The highest BCUT2D eigenvalue weighted by atomic mass is 35.5. The van der Waals surface area contributed by atoms with Crippen molar-refractivity contribution < 1.29 is 4.92 Å². The molecule has 0 aliphatic heterocycles. The molecule has 0 amide bonds. The Labute approximate surface area is 159 Å². The number of benzene rings is 3. The van der Waals surface area contributed by atoms with Gasteiger partial charge in [0.15, 0.2) is 0 Å². The highest BCUT2D eigenvalue weighted by Gasteiger charge is 2.11. The van der Waals surface area contributed by atoms with E-state index in [1.165, 1.54) is 12.1 Å². The summed E-state index contributed by atoms with van der Waals surface area (Å²) in [6, 6.07) is 21.3. The molecule has 1 heterocycles. The van der Waals surface area contributed by atoms with Crippen molar-refractivity contribution in [2.75, 3.05) is 5.32 Å². The van der Waals surface area contributed by atoms with Crippen LogP contribution in [0.4, 0.5) is 17.3 Å². The van der Waals surface area contributed by atoms with Gasteiger partial charge < -0.3 is 5.32 Å². The molecule has 0 aliphatic carbocycles. The molecule has 7 heteroatoms. The number of hydrogen-bond acceptors (Lipinski definition) is 5. The van der Waals surface area contributed by atoms with Crippen LogP contribution in [-0.2, 0) is 0 Å². The van der Waals surface area contributed by atoms with Gasteiger partial charge in [-0.05, 0) is 30.3 Å². The number of fused-ring (bicyclic) bond motifs is 1. The summed E-state index contributed by atoms with van der Waals surface area (Å²) in [5.41, 5.74) is 3.14. The fourth-order valence-corrected chi connectivity index (χ4v) is 2.94. The molecular formula is C20H13ClN4O2. The lowest BCUT2D eigenvalue weighted by atomic mass is 10.1. The van der Waals surface area contributed by atoms with Crippen LogP contribution in [0.1, 0.15) is 0 Å². The second kappa shape index (κ2) is 7.01. The number of aromatic nitrogens is 2. The second-order valence-electron chi connectivity index (χ2n) is 5.85. The Kier molecular flexibility index (Phi) is 4.40. The first-order valence-electron chi connectivity index (χ1n) is 8.14. The Bertz CT molecular complexity index is 1130. The maximum Gasteiger partial charge on any atom is 0.269 e. The minimum atomic E-state index is -0.437. The van der Waals surface area contributed by atoms with Crippen LogP contribution in [0.25, 0.3) is 22.2 Å². The van der Waals surface area contributed by atoms with Crippen molar-refractivity contribution in [1.29, 1.82) is 0 Å². The Morgan fingerprint density at radius 3 is 2.37 bits per heavy atom. The molecule has 0 spiro atoms. The van der Waals surface area contributed by atoms with Crippen molar-refractivity contribution >= 4 is 39.8 Å². The molecule has 0 fully saturated rings. The van der Waals surface area contributed by atoms with Crippen molar-refractivity contribution in [3.05, 3.63) is 87.9 Å². The summed E-state index contributed by atoms with van der Waals surface area (Å²) in [4.78, 5) is 19.5. The first-order valence-corrected chi connectivity index (χ1v) is 8.52. The van der Waals surface area contributed by atoms with Gasteiger partial charge in [0.1, 0.15) is 0 Å². The minimum absolute atomic E-state index is 0.0274. The van der Waals surface area contributed by atoms with Gasteiger partial charge in [0.2, 0.25) is 5.95 Å². The zero-order chi connectivity index (χ0) is 18.8. The molecule has 0 bridgehead atoms. The van der Waals surface area contributed by atoms with Crippen LogP contribution in [-0.4, -0.2) is 14.9 Å². The normalized spacial score (nSPS) is 10.7. The molecule has 4 rings (SSSR count). The Morgan fingerprint density at radius 2 is 1.67 bits per heavy atom. The molecule has 3 aromatic carbocycles. The molecule has 4 aromatic rings. The Hall–Kier alpha value is -3.51. The lowest BCUT2D eigenvalue weighted by Gasteiger charge is -2.11. The monoisotopic (exact) mass is 376 g/mol. The van der Waals surface area contributed by atoms with Crippen LogP contribution in [0, 0.1) is 10.1 Å². The molecule has 0 saturated carbocycles. The third-order valence-electron chi connectivity index (χ3n) is 4.04. The van der Waals surface area contributed by atoms with Crippen molar-refractivity contribution in [3.8, 4) is 11.3 Å². The van der Waals surface area contributed by atoms with E-state index >= 15 is 0 Å². The third-order valence-corrected chi connectivity index (χ3v) is 4.27. The number of nitrogens with zero attached hydrogens (tertiary/aromatic N) is 3. The van der Waals surface area contributed by atoms with E-state index in [1.807, 2.05) is 42.5 Å². The van der Waals surface area contributed by atoms with E-state index in [-0.39, 0.29) is 5.69 Å². The minimum Gasteiger partial charge on any atom is -0.324 e. The van der Waals surface area contributed by atoms with Crippen molar-refractivity contribution in [2.45, 2.75) is 0 Å². The summed E-state index contributed by atoms with van der Waals surface area (Å²) in [6.07, 6.45) is 0. The van der Waals surface area contributed by atoms with Gasteiger partial charge in [-0.3, -0.25) is 10.1 Å². The summed E-state index contributed by atoms with van der Waals surface area (Å²) in [5, 5.41) is 15.4. The SMILES string of the molecule is O=[N+]([O-])c1ccc(Nc2nc(-c3ccccc3)c3cc(Cl)ccc3n2)cc1. The number of rotatable bonds is 4. The summed E-state index contributed by atoms with van der Waals surface area (Å²) in [6.45, 7) is 0. The fraction of sp³-hybridized carbons (Fsp3) is 0. The van der Waals surface area contributed by atoms with E-state index in [4.69, 9.17) is 11.6 Å². The molecule has 0 unspecified atom stereocenters. The smallest absolute Gasteiger partial charge is 0.269 e. The summed E-state index contributed by atoms with van der Waals surface area (Å²) in [5.74, 6) is 0.400. The number of nitrogens with one attached hydrogen (secondary N) is 1. The highest BCUT2D eigenvalue weighted by Crippen LogP contribution is 2.30. The number of anilines is 2. The quantitative estimate of drug-likeness (QED) is 0.370. The van der Waals surface area contributed by atoms with Crippen LogP contribution >= 0.6 is 11.6 Å². The Morgan fingerprint density at radius 1 is 0.926 bits per heavy atom. The summed E-state index contributed by atoms with van der Waals surface area (Å²) in [7, 11) is 0. The lowest BCUT2D eigenvalue weighted by Crippen LogP contribution is -2.00. The van der Waals surface area contributed by atoms with Gasteiger partial charge in [0, 0.05) is 33.8 Å². The first kappa shape index (κ1) is 16.9. The molecule has 132 valence electrons. The van der Waals surface area contributed by atoms with E-state index in [1.54, 1.807) is 18.2 Å². The molecule has 0 aliphatic rings. The van der Waals surface area contributed by atoms with E-state index in [0.717, 1.165) is 22.2 Å². The zero-order valence-electron chi connectivity index (χ0n) is 14.0. The molecule has 0 saturated heterocycles. The predicted octanol–water partition coefficient (Wildman–Crippen LogP) is 5.60. The van der Waals surface area contributed by atoms with Gasteiger partial charge in [-0.2, -0.15) is 0 Å². The third kappa shape index (κ3) is 3.56. The van der Waals surface area contributed by atoms with Gasteiger partial charge in [0.05, 0.1) is 16.1 Å². The fourth-order valence-electron chi connectivity index (χ4n) is 2.77. The predicted molar refractivity (Wildman–Crippen MR) is 106 cm³/mol. The van der Waals surface area contributed by atoms with Crippen LogP contribution < -0.4 is 5.32 Å². The molecular weight excluding hydrogens is 364 g/mol. The van der Waals surface area contributed by atoms with E-state index in [2.05, 4.69) is 15.3 Å². The van der Waals surface area contributed by atoms with Gasteiger partial charge in [-0.25, -0.2) is 9.97 Å². The molecule has 6 nitrogen and oxygen atoms in total. The zero-order valence-corrected chi connectivity index (χ0v) is 14.7. The van der Waals surface area contributed by atoms with Crippen LogP contribution in [0.15, 0.2) is 72.8 Å². The number of hydrogen-bond donors (Lipinski definition) is 1. The standard InChI is InChI=1S/C20H13ClN4O2/c21-14-6-11-18-17(12-14)19(13-4-2-1-3-5-13)24-20(23-18)22-15-7-9-16(10-8-15)25(26)27/h1-12H,(H,22,23,24). The lowest BCUT2D eigenvalue weighted by molar-refractivity contribution is -0.384. The highest BCUT2D eigenvalue weighted by molar-refractivity contribution is 6.31. The average Bonchev–Trinajstić information content (AvgIpc) is 2.69. The van der Waals surface area contributed by atoms with Gasteiger partial charge in [-0.15, -0.1) is 0 Å². The van der Waals surface area contributed by atoms with Crippen molar-refractivity contribution in [1.82, 2.24) is 9.97 Å². The number of halogens is 1. The second-order valence-corrected chi connectivity index (χ2v) is 6.29. The Balaban J connectivity index is 1.79. The van der Waals surface area contributed by atoms with Crippen LogP contribution in [0.5, 0.6) is 0 Å². The number of nitro groups is 1. The molecule has 0 atom stereocenters. The topological polar surface area (TPSA) is 81.0 Å². The van der Waals surface area contributed by atoms with Gasteiger partial charge >= 0.3 is 0 Å². The van der Waals surface area contributed by atoms with Crippen molar-refractivity contribution in [2.24, 2.45) is 0 Å². The van der Waals surface area contributed by atoms with Crippen molar-refractivity contribution in [3.63, 3.8) is 0 Å². The largest absolute Gasteiger partial charge is 0.324 e. The maximum atomic E-state index is 10.8. The maximum absolute atomic E-state index is 10.8. The number of non-ortho nitro benzene ring substituents is 1. The van der Waals surface area contributed by atoms with E-state index in [0.29, 0.717) is 16.7 Å². The van der Waals surface area contributed by atoms with E-state index in [9.17, 15) is 10.1 Å². The first-order chi connectivity index (χ1) is 13.1. The molecule has 1 aromatic heterocycles. The number of nitro benzene ring substituents is 1. The van der Waals surface area contributed by atoms with Crippen LogP contribution in [0.2, 0.25) is 5.02 Å². The van der Waals surface area contributed by atoms with E-state index < -0.39 is 4.92 Å². The molecule has 1 N–H and O–H groups in total. The molecule has 27 heavy (non-hydrogen) atoms. The average molecular weight is 377 g/mol. The summed E-state index contributed by atoms with van der Waals surface area (Å²) >= 11 is 6.16. The molecule has 0 radical (unpaired) electrons. The van der Waals surface area contributed by atoms with Gasteiger partial charge in [-0.1, -0.05) is 41.9 Å².